The van der Waals surface area contributed by atoms with E-state index >= 15 is 0 Å². The molecule has 4 rings (SSSR count). The Morgan fingerprint density at radius 2 is 1.79 bits per heavy atom. The summed E-state index contributed by atoms with van der Waals surface area (Å²) in [7, 11) is 0. The molecule has 5 N–H and O–H groups in total. The molecule has 1 aromatic carbocycles. The fourth-order valence-electron chi connectivity index (χ4n) is 3.39. The number of aryl methyl sites for hydroxylation is 2. The lowest BCUT2D eigenvalue weighted by atomic mass is 9.93. The first-order chi connectivity index (χ1) is 16.0. The maximum Gasteiger partial charge on any atom is 0.490 e. The molecule has 9 nitrogen and oxygen atoms in total. The van der Waals surface area contributed by atoms with E-state index in [9.17, 15) is 22.4 Å². The van der Waals surface area contributed by atoms with Gasteiger partial charge in [-0.1, -0.05) is 0 Å². The molecular weight excluding hydrogens is 460 g/mol. The Kier molecular flexibility index (Phi) is 7.25. The van der Waals surface area contributed by atoms with E-state index in [1.165, 1.54) is 12.1 Å². The van der Waals surface area contributed by atoms with E-state index in [0.29, 0.717) is 31.8 Å². The average Bonchev–Trinajstić information content (AvgIpc) is 3.17. The molecule has 1 aliphatic rings. The number of primary amides is 1. The first-order valence-corrected chi connectivity index (χ1v) is 10.0. The lowest BCUT2D eigenvalue weighted by molar-refractivity contribution is -0.192. The van der Waals surface area contributed by atoms with Crippen molar-refractivity contribution in [3.8, 4) is 22.8 Å². The van der Waals surface area contributed by atoms with Gasteiger partial charge in [0.1, 0.15) is 5.82 Å². The van der Waals surface area contributed by atoms with Crippen molar-refractivity contribution < 1.29 is 32.3 Å². The highest BCUT2D eigenvalue weighted by Gasteiger charge is 2.38. The van der Waals surface area contributed by atoms with Crippen LogP contribution in [0.25, 0.3) is 22.8 Å². The van der Waals surface area contributed by atoms with Gasteiger partial charge >= 0.3 is 12.1 Å². The zero-order valence-electron chi connectivity index (χ0n) is 17.6. The molecule has 2 heterocycles. The number of fused-ring (bicyclic) bond motifs is 3. The molecule has 0 atom stereocenters. The van der Waals surface area contributed by atoms with Crippen LogP contribution in [0.5, 0.6) is 0 Å². The van der Waals surface area contributed by atoms with Crippen LogP contribution in [0.3, 0.4) is 0 Å². The Hall–Kier alpha value is -3.87. The number of nitrogens with zero attached hydrogens (tertiary/aromatic N) is 4. The molecule has 0 aliphatic heterocycles. The second-order valence-corrected chi connectivity index (χ2v) is 7.28. The summed E-state index contributed by atoms with van der Waals surface area (Å²) in [6.45, 7) is 1.08. The number of carboxylic acid groups (broad SMARTS) is 1. The summed E-state index contributed by atoms with van der Waals surface area (Å²) in [5, 5.41) is 11.5. The highest BCUT2D eigenvalue weighted by atomic mass is 19.4. The third-order valence-corrected chi connectivity index (χ3v) is 4.94. The zero-order chi connectivity index (χ0) is 25.0. The summed E-state index contributed by atoms with van der Waals surface area (Å²) >= 11 is 0. The number of nitrogens with two attached hydrogens (primary N) is 2. The Balaban J connectivity index is 0.000000406. The number of alkyl halides is 3. The first kappa shape index (κ1) is 24.8. The molecule has 3 aromatic rings. The second kappa shape index (κ2) is 9.95. The third-order valence-electron chi connectivity index (χ3n) is 4.94. The minimum atomic E-state index is -5.08. The van der Waals surface area contributed by atoms with Gasteiger partial charge in [-0.2, -0.15) is 18.3 Å². The van der Waals surface area contributed by atoms with Crippen LogP contribution in [0.15, 0.2) is 30.5 Å². The van der Waals surface area contributed by atoms with Crippen LogP contribution in [-0.2, 0) is 24.2 Å². The summed E-state index contributed by atoms with van der Waals surface area (Å²) in [5.74, 6) is -3.12. The monoisotopic (exact) mass is 480 g/mol. The molecule has 34 heavy (non-hydrogen) atoms. The molecule has 0 saturated heterocycles. The molecule has 1 aliphatic carbocycles. The fraction of sp³-hybridized carbons (Fsp3) is 0.286. The number of aliphatic carboxylic acids is 1. The molecular formula is C21H20F4N6O3. The number of aromatic nitrogens is 4. The van der Waals surface area contributed by atoms with Gasteiger partial charge in [-0.05, 0) is 55.6 Å². The standard InChI is InChI=1S/C19H19FN6O.C2HF3O2/c20-13-5-2-11(3-6-13)19-23-10-12-4-7-14-16(18(22)27)25-26(9-1-8-21)17(14)15(12)24-19;3-2(4,5)1(6)7/h2-3,5-6,10H,1,4,7-9,21H2,(H2,22,27);(H,6,7). The second-order valence-electron chi connectivity index (χ2n) is 7.28. The Morgan fingerprint density at radius 1 is 1.15 bits per heavy atom. The summed E-state index contributed by atoms with van der Waals surface area (Å²) < 4.78 is 46.7. The molecule has 2 aromatic heterocycles. The van der Waals surface area contributed by atoms with Crippen LogP contribution in [0.4, 0.5) is 17.6 Å². The maximum absolute atomic E-state index is 13.2. The summed E-state index contributed by atoms with van der Waals surface area (Å²) in [6, 6.07) is 6.03. The van der Waals surface area contributed by atoms with Gasteiger partial charge in [0, 0.05) is 23.9 Å². The Morgan fingerprint density at radius 3 is 2.35 bits per heavy atom. The van der Waals surface area contributed by atoms with Gasteiger partial charge in [0.2, 0.25) is 0 Å². The van der Waals surface area contributed by atoms with Crippen molar-refractivity contribution in [2.45, 2.75) is 32.0 Å². The molecule has 180 valence electrons. The summed E-state index contributed by atoms with van der Waals surface area (Å²) in [6.07, 6.45) is -1.22. The van der Waals surface area contributed by atoms with Gasteiger partial charge in [0.05, 0.1) is 11.4 Å². The lowest BCUT2D eigenvalue weighted by Gasteiger charge is -2.18. The molecule has 0 unspecified atom stereocenters. The Bertz CT molecular complexity index is 1210. The largest absolute Gasteiger partial charge is 0.490 e. The smallest absolute Gasteiger partial charge is 0.475 e. The topological polar surface area (TPSA) is 150 Å². The molecule has 0 fully saturated rings. The number of benzene rings is 1. The minimum absolute atomic E-state index is 0.287. The molecule has 1 amide bonds. The van der Waals surface area contributed by atoms with E-state index in [-0.39, 0.29) is 11.5 Å². The Labute approximate surface area is 190 Å². The third kappa shape index (κ3) is 5.36. The van der Waals surface area contributed by atoms with E-state index in [1.807, 2.05) is 0 Å². The van der Waals surface area contributed by atoms with Crippen molar-refractivity contribution in [3.05, 3.63) is 53.1 Å². The number of amides is 1. The van der Waals surface area contributed by atoms with Crippen molar-refractivity contribution in [1.82, 2.24) is 19.7 Å². The van der Waals surface area contributed by atoms with Crippen LogP contribution in [0, 0.1) is 5.82 Å². The van der Waals surface area contributed by atoms with Crippen LogP contribution < -0.4 is 11.5 Å². The van der Waals surface area contributed by atoms with Crippen molar-refractivity contribution in [3.63, 3.8) is 0 Å². The predicted molar refractivity (Wildman–Crippen MR) is 112 cm³/mol. The molecule has 13 heteroatoms. The van der Waals surface area contributed by atoms with Crippen molar-refractivity contribution in [2.75, 3.05) is 6.54 Å². The van der Waals surface area contributed by atoms with Crippen molar-refractivity contribution in [2.24, 2.45) is 11.5 Å². The summed E-state index contributed by atoms with van der Waals surface area (Å²) in [5.41, 5.74) is 15.5. The highest BCUT2D eigenvalue weighted by molar-refractivity contribution is 5.94. The number of carboxylic acids is 1. The number of carbonyl (C=O) groups is 2. The van der Waals surface area contributed by atoms with Gasteiger partial charge in [0.25, 0.3) is 5.91 Å². The van der Waals surface area contributed by atoms with Crippen LogP contribution in [0.1, 0.15) is 28.0 Å². The maximum atomic E-state index is 13.2. The number of rotatable bonds is 5. The highest BCUT2D eigenvalue weighted by Crippen LogP contribution is 2.35. The van der Waals surface area contributed by atoms with Gasteiger partial charge in [-0.25, -0.2) is 19.2 Å². The van der Waals surface area contributed by atoms with Gasteiger partial charge in [-0.15, -0.1) is 0 Å². The molecule has 0 radical (unpaired) electrons. The molecule has 0 bridgehead atoms. The van der Waals surface area contributed by atoms with E-state index in [1.54, 1.807) is 23.0 Å². The molecule has 0 spiro atoms. The first-order valence-electron chi connectivity index (χ1n) is 10.0. The van der Waals surface area contributed by atoms with Gasteiger partial charge in [0.15, 0.2) is 11.5 Å². The molecule has 0 saturated carbocycles. The van der Waals surface area contributed by atoms with E-state index in [0.717, 1.165) is 34.5 Å². The lowest BCUT2D eigenvalue weighted by Crippen LogP contribution is -2.21. The van der Waals surface area contributed by atoms with Crippen molar-refractivity contribution >= 4 is 11.9 Å². The predicted octanol–water partition coefficient (Wildman–Crippen LogP) is 2.33. The normalized spacial score (nSPS) is 12.3. The number of hydrogen-bond donors (Lipinski definition) is 3. The van der Waals surface area contributed by atoms with Crippen molar-refractivity contribution in [1.29, 1.82) is 0 Å². The summed E-state index contributed by atoms with van der Waals surface area (Å²) in [4.78, 5) is 29.9. The number of hydrogen-bond acceptors (Lipinski definition) is 6. The minimum Gasteiger partial charge on any atom is -0.475 e. The van der Waals surface area contributed by atoms with Gasteiger partial charge < -0.3 is 16.6 Å². The zero-order valence-corrected chi connectivity index (χ0v) is 17.6. The van der Waals surface area contributed by atoms with Crippen LogP contribution >= 0.6 is 0 Å². The van der Waals surface area contributed by atoms with E-state index in [4.69, 9.17) is 26.4 Å². The van der Waals surface area contributed by atoms with E-state index in [2.05, 4.69) is 10.1 Å². The van der Waals surface area contributed by atoms with Crippen LogP contribution in [-0.4, -0.2) is 49.5 Å². The fourth-order valence-corrected chi connectivity index (χ4v) is 3.39. The van der Waals surface area contributed by atoms with Gasteiger partial charge in [-0.3, -0.25) is 9.48 Å². The van der Waals surface area contributed by atoms with Crippen LogP contribution in [0.2, 0.25) is 0 Å². The van der Waals surface area contributed by atoms with E-state index < -0.39 is 18.1 Å². The number of carbonyl (C=O) groups excluding carboxylic acids is 1. The quantitative estimate of drug-likeness (QED) is 0.474. The SMILES string of the molecule is NCCCn1nc(C(N)=O)c2c1-c1nc(-c3ccc(F)cc3)ncc1CC2.O=C(O)C(F)(F)F. The number of halogens is 4. The average molecular weight is 480 g/mol.